The van der Waals surface area contributed by atoms with Crippen molar-refractivity contribution in [1.82, 2.24) is 4.90 Å². The molecular weight excluding hydrogens is 188 g/mol. The van der Waals surface area contributed by atoms with Gasteiger partial charge in [-0.1, -0.05) is 26.7 Å². The van der Waals surface area contributed by atoms with Gasteiger partial charge in [-0.15, -0.1) is 0 Å². The van der Waals surface area contributed by atoms with Gasteiger partial charge in [-0.25, -0.2) is 0 Å². The van der Waals surface area contributed by atoms with Gasteiger partial charge >= 0.3 is 0 Å². The highest BCUT2D eigenvalue weighted by Gasteiger charge is 2.42. The molecule has 0 heterocycles. The van der Waals surface area contributed by atoms with Gasteiger partial charge in [-0.3, -0.25) is 4.79 Å². The zero-order valence-corrected chi connectivity index (χ0v) is 10.2. The van der Waals surface area contributed by atoms with Crippen molar-refractivity contribution < 1.29 is 4.79 Å². The largest absolute Gasteiger partial charge is 0.342 e. The molecule has 2 unspecified atom stereocenters. The molecule has 0 radical (unpaired) electrons. The molecule has 0 aromatic heterocycles. The molecule has 3 nitrogen and oxygen atoms in total. The smallest absolute Gasteiger partial charge is 0.227 e. The highest BCUT2D eigenvalue weighted by molar-refractivity contribution is 5.82. The highest BCUT2D eigenvalue weighted by Crippen LogP contribution is 2.30. The lowest BCUT2D eigenvalue weighted by Gasteiger charge is -2.25. The minimum absolute atomic E-state index is 0.124. The zero-order chi connectivity index (χ0) is 11.4. The summed E-state index contributed by atoms with van der Waals surface area (Å²) in [6.45, 7) is 8.16. The van der Waals surface area contributed by atoms with Crippen LogP contribution < -0.4 is 5.73 Å². The molecule has 1 aliphatic carbocycles. The van der Waals surface area contributed by atoms with E-state index in [4.69, 9.17) is 5.73 Å². The first kappa shape index (κ1) is 12.5. The number of nitrogens with two attached hydrogens (primary N) is 1. The molecule has 0 bridgehead atoms. The normalized spacial score (nSPS) is 24.3. The van der Waals surface area contributed by atoms with E-state index in [2.05, 4.69) is 13.8 Å². The summed E-state index contributed by atoms with van der Waals surface area (Å²) < 4.78 is 0. The number of amides is 1. The molecule has 0 aromatic carbocycles. The Kier molecular flexibility index (Phi) is 4.58. The molecule has 1 rings (SSSR count). The van der Waals surface area contributed by atoms with Crippen LogP contribution in [0.4, 0.5) is 0 Å². The van der Waals surface area contributed by atoms with Crippen molar-refractivity contribution in [3.8, 4) is 0 Å². The van der Waals surface area contributed by atoms with Crippen molar-refractivity contribution in [3.63, 3.8) is 0 Å². The third-order valence-corrected chi connectivity index (χ3v) is 3.48. The Bertz CT molecular complexity index is 214. The van der Waals surface area contributed by atoms with Gasteiger partial charge in [-0.05, 0) is 19.3 Å². The van der Waals surface area contributed by atoms with E-state index < -0.39 is 0 Å². The second-order valence-corrected chi connectivity index (χ2v) is 4.57. The minimum atomic E-state index is 0.124. The van der Waals surface area contributed by atoms with E-state index >= 15 is 0 Å². The molecule has 2 N–H and O–H groups in total. The van der Waals surface area contributed by atoms with Gasteiger partial charge in [-0.2, -0.15) is 0 Å². The van der Waals surface area contributed by atoms with Gasteiger partial charge in [0.25, 0.3) is 0 Å². The molecule has 1 amide bonds. The molecule has 1 aliphatic rings. The Morgan fingerprint density at radius 3 is 2.27 bits per heavy atom. The number of nitrogens with zero attached hydrogens (tertiary/aromatic N) is 1. The summed E-state index contributed by atoms with van der Waals surface area (Å²) in [5.74, 6) is 1.04. The van der Waals surface area contributed by atoms with E-state index in [1.54, 1.807) is 0 Å². The van der Waals surface area contributed by atoms with E-state index in [1.165, 1.54) is 0 Å². The van der Waals surface area contributed by atoms with Crippen LogP contribution in [0.3, 0.4) is 0 Å². The number of carbonyl (C=O) groups excluding carboxylic acids is 1. The van der Waals surface area contributed by atoms with E-state index in [0.29, 0.717) is 5.92 Å². The molecule has 1 saturated carbocycles. The highest BCUT2D eigenvalue weighted by atomic mass is 16.2. The van der Waals surface area contributed by atoms with Crippen LogP contribution in [-0.2, 0) is 4.79 Å². The molecule has 15 heavy (non-hydrogen) atoms. The summed E-state index contributed by atoms with van der Waals surface area (Å²) in [5.41, 5.74) is 5.71. The second-order valence-electron chi connectivity index (χ2n) is 4.57. The van der Waals surface area contributed by atoms with Gasteiger partial charge in [0.15, 0.2) is 0 Å². The fourth-order valence-electron chi connectivity index (χ4n) is 1.97. The van der Waals surface area contributed by atoms with Crippen LogP contribution in [0.15, 0.2) is 0 Å². The summed E-state index contributed by atoms with van der Waals surface area (Å²) >= 11 is 0. The van der Waals surface area contributed by atoms with Crippen LogP contribution in [0, 0.1) is 11.8 Å². The number of carbonyl (C=O) groups is 1. The molecule has 0 spiro atoms. The molecule has 0 saturated heterocycles. The van der Waals surface area contributed by atoms with Crippen molar-refractivity contribution in [2.24, 2.45) is 17.6 Å². The molecule has 0 aromatic rings. The van der Waals surface area contributed by atoms with E-state index in [-0.39, 0.29) is 17.9 Å². The molecule has 0 aliphatic heterocycles. The molecule has 3 heteroatoms. The summed E-state index contributed by atoms with van der Waals surface area (Å²) in [7, 11) is 0. The average Bonchev–Trinajstić information content (AvgIpc) is 2.97. The lowest BCUT2D eigenvalue weighted by molar-refractivity contribution is -0.133. The third kappa shape index (κ3) is 3.20. The quantitative estimate of drug-likeness (QED) is 0.727. The molecule has 2 atom stereocenters. The first-order valence-electron chi connectivity index (χ1n) is 6.18. The maximum absolute atomic E-state index is 12.0. The molecule has 88 valence electrons. The van der Waals surface area contributed by atoms with Gasteiger partial charge < -0.3 is 10.6 Å². The first-order valence-corrected chi connectivity index (χ1v) is 6.18. The zero-order valence-electron chi connectivity index (χ0n) is 10.2. The fourth-order valence-corrected chi connectivity index (χ4v) is 1.97. The Labute approximate surface area is 93.0 Å². The first-order chi connectivity index (χ1) is 7.13. The fraction of sp³-hybridized carbons (Fsp3) is 0.917. The Morgan fingerprint density at radius 2 is 1.93 bits per heavy atom. The van der Waals surface area contributed by atoms with Crippen LogP contribution in [0.25, 0.3) is 0 Å². The summed E-state index contributed by atoms with van der Waals surface area (Å²) in [4.78, 5) is 13.9. The van der Waals surface area contributed by atoms with Gasteiger partial charge in [0.1, 0.15) is 0 Å². The second kappa shape index (κ2) is 5.50. The van der Waals surface area contributed by atoms with Gasteiger partial charge in [0.2, 0.25) is 5.91 Å². The summed E-state index contributed by atoms with van der Waals surface area (Å²) in [6.07, 6.45) is 3.19. The van der Waals surface area contributed by atoms with E-state index in [1.807, 2.05) is 11.8 Å². The van der Waals surface area contributed by atoms with Gasteiger partial charge in [0.05, 0.1) is 5.92 Å². The Balaban J connectivity index is 2.44. The van der Waals surface area contributed by atoms with Crippen molar-refractivity contribution in [2.75, 3.05) is 13.1 Å². The molecular formula is C12H24N2O. The van der Waals surface area contributed by atoms with Crippen molar-refractivity contribution in [1.29, 1.82) is 0 Å². The monoisotopic (exact) mass is 212 g/mol. The lowest BCUT2D eigenvalue weighted by Crippen LogP contribution is -2.37. The number of hydrogen-bond donors (Lipinski definition) is 1. The van der Waals surface area contributed by atoms with Crippen molar-refractivity contribution in [2.45, 2.75) is 46.1 Å². The predicted molar refractivity (Wildman–Crippen MR) is 62.4 cm³/mol. The Hall–Kier alpha value is -0.570. The maximum Gasteiger partial charge on any atom is 0.227 e. The minimum Gasteiger partial charge on any atom is -0.342 e. The third-order valence-electron chi connectivity index (χ3n) is 3.48. The van der Waals surface area contributed by atoms with Crippen LogP contribution >= 0.6 is 0 Å². The van der Waals surface area contributed by atoms with Gasteiger partial charge in [0, 0.05) is 19.1 Å². The Morgan fingerprint density at radius 1 is 1.40 bits per heavy atom. The summed E-state index contributed by atoms with van der Waals surface area (Å²) in [5, 5.41) is 0. The van der Waals surface area contributed by atoms with Crippen LogP contribution in [0.2, 0.25) is 0 Å². The van der Waals surface area contributed by atoms with E-state index in [0.717, 1.165) is 32.4 Å². The molecule has 1 fully saturated rings. The lowest BCUT2D eigenvalue weighted by atomic mass is 10.0. The standard InChI is InChI=1S/C12H24N2O/c1-4-9(5-2)8-14(6-3)12(15)10-7-11(10)13/h9-11H,4-8,13H2,1-3H3. The number of hydrogen-bond acceptors (Lipinski definition) is 2. The van der Waals surface area contributed by atoms with Crippen LogP contribution in [0.5, 0.6) is 0 Å². The SMILES string of the molecule is CCC(CC)CN(CC)C(=O)C1CC1N. The van der Waals surface area contributed by atoms with Crippen molar-refractivity contribution >= 4 is 5.91 Å². The topological polar surface area (TPSA) is 46.3 Å². The van der Waals surface area contributed by atoms with Crippen molar-refractivity contribution in [3.05, 3.63) is 0 Å². The average molecular weight is 212 g/mol. The van der Waals surface area contributed by atoms with E-state index in [9.17, 15) is 4.79 Å². The maximum atomic E-state index is 12.0. The predicted octanol–water partition coefficient (Wildman–Crippen LogP) is 1.62. The number of rotatable bonds is 6. The summed E-state index contributed by atoms with van der Waals surface area (Å²) in [6, 6.07) is 0.133. The van der Waals surface area contributed by atoms with Crippen LogP contribution in [0.1, 0.15) is 40.0 Å². The van der Waals surface area contributed by atoms with Crippen LogP contribution in [-0.4, -0.2) is 29.9 Å².